The van der Waals surface area contributed by atoms with E-state index in [0.29, 0.717) is 0 Å². The minimum Gasteiger partial charge on any atom is -0.388 e. The van der Waals surface area contributed by atoms with Gasteiger partial charge in [-0.15, -0.1) is 0 Å². The molecule has 1 aromatic carbocycles. The van der Waals surface area contributed by atoms with Gasteiger partial charge in [-0.2, -0.15) is 0 Å². The first-order chi connectivity index (χ1) is 10.3. The van der Waals surface area contributed by atoms with Crippen LogP contribution in [0.1, 0.15) is 58.8 Å². The highest BCUT2D eigenvalue weighted by Gasteiger charge is 2.07. The summed E-state index contributed by atoms with van der Waals surface area (Å²) in [6, 6.07) is 8.52. The van der Waals surface area contributed by atoms with Gasteiger partial charge in [0, 0.05) is 22.9 Å². The molecule has 0 heterocycles. The molecule has 4 heteroatoms. The topological polar surface area (TPSA) is 24.1 Å². The van der Waals surface area contributed by atoms with Crippen molar-refractivity contribution in [2.75, 3.05) is 12.4 Å². The number of unbranched alkanes of at least 4 members (excludes halogenated alkanes) is 4. The summed E-state index contributed by atoms with van der Waals surface area (Å²) in [4.78, 5) is 1.26. The van der Waals surface area contributed by atoms with Gasteiger partial charge < -0.3 is 5.32 Å². The lowest BCUT2D eigenvalue weighted by Crippen LogP contribution is -2.06. The number of anilines is 1. The van der Waals surface area contributed by atoms with E-state index in [0.717, 1.165) is 10.9 Å². The zero-order valence-corrected chi connectivity index (χ0v) is 15.3. The Morgan fingerprint density at radius 2 is 1.71 bits per heavy atom. The van der Waals surface area contributed by atoms with Crippen LogP contribution < -0.4 is 9.44 Å². The molecule has 0 aliphatic heterocycles. The van der Waals surface area contributed by atoms with Crippen LogP contribution in [0.25, 0.3) is 0 Å². The zero-order chi connectivity index (χ0) is 15.3. The highest BCUT2D eigenvalue weighted by molar-refractivity contribution is 8.13. The monoisotopic (exact) mass is 326 g/mol. The maximum absolute atomic E-state index is 3.46. The van der Waals surface area contributed by atoms with E-state index >= 15 is 0 Å². The normalized spacial score (nSPS) is 12.3. The Morgan fingerprint density at radius 1 is 1.00 bits per heavy atom. The summed E-state index contributed by atoms with van der Waals surface area (Å²) in [5, 5.41) is 3.87. The predicted octanol–water partition coefficient (Wildman–Crippen LogP) is 6.11. The Labute approximate surface area is 139 Å². The summed E-state index contributed by atoms with van der Waals surface area (Å²) in [7, 11) is 1.95. The molecule has 0 aromatic heterocycles. The third-order valence-corrected chi connectivity index (χ3v) is 5.73. The Hall–Kier alpha value is -0.320. The lowest BCUT2D eigenvalue weighted by Gasteiger charge is -2.14. The first-order valence-electron chi connectivity index (χ1n) is 8.15. The molecule has 0 bridgehead atoms. The maximum Gasteiger partial charge on any atom is 0.0338 e. The molecule has 1 aromatic rings. The SMILES string of the molecule is CCCCCCCC(CC)SNSc1ccc(NC)cc1. The van der Waals surface area contributed by atoms with Crippen LogP contribution in [-0.4, -0.2) is 12.3 Å². The summed E-state index contributed by atoms with van der Waals surface area (Å²) in [5.74, 6) is 0. The van der Waals surface area contributed by atoms with Crippen molar-refractivity contribution in [1.29, 1.82) is 0 Å². The molecule has 21 heavy (non-hydrogen) atoms. The first kappa shape index (κ1) is 18.7. The van der Waals surface area contributed by atoms with Crippen molar-refractivity contribution in [3.63, 3.8) is 0 Å². The summed E-state index contributed by atoms with van der Waals surface area (Å²) in [6.45, 7) is 4.56. The standard InChI is InChI=1S/C17H30N2S2/c1-4-6-7-8-9-10-16(5-2)20-19-21-17-13-11-15(18-3)12-14-17/h11-14,16,18-19H,4-10H2,1-3H3. The van der Waals surface area contributed by atoms with Crippen molar-refractivity contribution in [3.05, 3.63) is 24.3 Å². The molecule has 0 saturated heterocycles. The molecule has 0 aliphatic carbocycles. The minimum absolute atomic E-state index is 0.732. The van der Waals surface area contributed by atoms with Crippen LogP contribution in [0.15, 0.2) is 29.2 Å². The molecule has 0 spiro atoms. The van der Waals surface area contributed by atoms with Crippen LogP contribution in [0.3, 0.4) is 0 Å². The zero-order valence-electron chi connectivity index (χ0n) is 13.7. The summed E-state index contributed by atoms with van der Waals surface area (Å²) in [5.41, 5.74) is 1.16. The molecule has 2 nitrogen and oxygen atoms in total. The molecular weight excluding hydrogens is 296 g/mol. The maximum atomic E-state index is 3.46. The fraction of sp³-hybridized carbons (Fsp3) is 0.647. The Bertz CT molecular complexity index is 354. The van der Waals surface area contributed by atoms with Crippen molar-refractivity contribution < 1.29 is 0 Å². The van der Waals surface area contributed by atoms with Crippen molar-refractivity contribution in [2.24, 2.45) is 0 Å². The van der Waals surface area contributed by atoms with Gasteiger partial charge in [-0.1, -0.05) is 57.9 Å². The van der Waals surface area contributed by atoms with E-state index in [4.69, 9.17) is 0 Å². The van der Waals surface area contributed by atoms with Gasteiger partial charge in [-0.05, 0) is 49.1 Å². The van der Waals surface area contributed by atoms with Gasteiger partial charge in [-0.3, -0.25) is 0 Å². The van der Waals surface area contributed by atoms with Gasteiger partial charge in [0.25, 0.3) is 0 Å². The second-order valence-electron chi connectivity index (χ2n) is 5.31. The molecule has 0 amide bonds. The van der Waals surface area contributed by atoms with Gasteiger partial charge in [0.1, 0.15) is 0 Å². The average molecular weight is 327 g/mol. The van der Waals surface area contributed by atoms with Crippen LogP contribution in [0.2, 0.25) is 0 Å². The minimum atomic E-state index is 0.732. The molecule has 0 aliphatic rings. The number of rotatable bonds is 12. The van der Waals surface area contributed by atoms with E-state index in [2.05, 4.69) is 47.6 Å². The fourth-order valence-corrected chi connectivity index (χ4v) is 4.00. The largest absolute Gasteiger partial charge is 0.388 e. The molecule has 1 rings (SSSR count). The number of nitrogens with one attached hydrogen (secondary N) is 2. The molecule has 1 atom stereocenters. The lowest BCUT2D eigenvalue weighted by molar-refractivity contribution is 0.592. The summed E-state index contributed by atoms with van der Waals surface area (Å²) < 4.78 is 3.46. The Kier molecular flexibility index (Phi) is 10.9. The van der Waals surface area contributed by atoms with Gasteiger partial charge in [0.2, 0.25) is 0 Å². The van der Waals surface area contributed by atoms with Crippen LogP contribution in [0.4, 0.5) is 5.69 Å². The van der Waals surface area contributed by atoms with Crippen molar-refractivity contribution in [2.45, 2.75) is 68.9 Å². The van der Waals surface area contributed by atoms with E-state index in [1.165, 1.54) is 49.8 Å². The smallest absolute Gasteiger partial charge is 0.0338 e. The van der Waals surface area contributed by atoms with E-state index < -0.39 is 0 Å². The highest BCUT2D eigenvalue weighted by atomic mass is 32.2. The molecule has 1 unspecified atom stereocenters. The molecule has 2 N–H and O–H groups in total. The molecule has 0 radical (unpaired) electrons. The molecule has 0 saturated carbocycles. The number of hydrogen-bond acceptors (Lipinski definition) is 4. The van der Waals surface area contributed by atoms with Crippen LogP contribution >= 0.6 is 23.9 Å². The van der Waals surface area contributed by atoms with Crippen LogP contribution in [0.5, 0.6) is 0 Å². The average Bonchev–Trinajstić information content (AvgIpc) is 2.53. The van der Waals surface area contributed by atoms with Crippen molar-refractivity contribution >= 4 is 29.6 Å². The van der Waals surface area contributed by atoms with E-state index in [-0.39, 0.29) is 0 Å². The Morgan fingerprint density at radius 3 is 2.33 bits per heavy atom. The summed E-state index contributed by atoms with van der Waals surface area (Å²) in [6.07, 6.45) is 9.45. The van der Waals surface area contributed by atoms with E-state index in [1.807, 2.05) is 19.0 Å². The van der Waals surface area contributed by atoms with Crippen LogP contribution in [0, 0.1) is 0 Å². The second-order valence-corrected chi connectivity index (χ2v) is 7.56. The van der Waals surface area contributed by atoms with Crippen molar-refractivity contribution in [3.8, 4) is 0 Å². The van der Waals surface area contributed by atoms with Gasteiger partial charge >= 0.3 is 0 Å². The van der Waals surface area contributed by atoms with E-state index in [9.17, 15) is 0 Å². The van der Waals surface area contributed by atoms with Gasteiger partial charge in [0.15, 0.2) is 0 Å². The third kappa shape index (κ3) is 8.64. The Balaban J connectivity index is 2.15. The van der Waals surface area contributed by atoms with Crippen LogP contribution in [-0.2, 0) is 0 Å². The predicted molar refractivity (Wildman–Crippen MR) is 100 cm³/mol. The van der Waals surface area contributed by atoms with Crippen molar-refractivity contribution in [1.82, 2.24) is 4.13 Å². The van der Waals surface area contributed by atoms with Gasteiger partial charge in [0.05, 0.1) is 0 Å². The quantitative estimate of drug-likeness (QED) is 0.357. The van der Waals surface area contributed by atoms with Gasteiger partial charge in [-0.25, -0.2) is 4.13 Å². The summed E-state index contributed by atoms with van der Waals surface area (Å²) >= 11 is 3.60. The molecule has 0 fully saturated rings. The first-order valence-corrected chi connectivity index (χ1v) is 9.85. The number of benzene rings is 1. The third-order valence-electron chi connectivity index (χ3n) is 3.60. The molecule has 120 valence electrons. The molecular formula is C17H30N2S2. The highest BCUT2D eigenvalue weighted by Crippen LogP contribution is 2.25. The number of hydrogen-bond donors (Lipinski definition) is 2. The second kappa shape index (κ2) is 12.2. The lowest BCUT2D eigenvalue weighted by atomic mass is 10.1. The van der Waals surface area contributed by atoms with E-state index in [1.54, 1.807) is 11.9 Å². The fourth-order valence-electron chi connectivity index (χ4n) is 2.15.